The van der Waals surface area contributed by atoms with Crippen LogP contribution in [0.2, 0.25) is 10.0 Å². The van der Waals surface area contributed by atoms with E-state index < -0.39 is 35.2 Å². The average Bonchev–Trinajstić information content (AvgIpc) is 2.71. The van der Waals surface area contributed by atoms with E-state index in [1.807, 2.05) is 0 Å². The van der Waals surface area contributed by atoms with E-state index in [4.69, 9.17) is 33.2 Å². The molecule has 174 valence electrons. The maximum atomic E-state index is 13.0. The molecule has 0 aliphatic heterocycles. The lowest BCUT2D eigenvalue weighted by Gasteiger charge is -2.14. The molecule has 2 aromatic carbocycles. The van der Waals surface area contributed by atoms with Gasteiger partial charge < -0.3 is 14.6 Å². The molecule has 0 fully saturated rings. The summed E-state index contributed by atoms with van der Waals surface area (Å²) >= 11 is 12.2. The lowest BCUT2D eigenvalue weighted by molar-refractivity contribution is -0.138. The molecule has 0 aliphatic rings. The molecule has 0 aliphatic carbocycles. The number of hydrogen-bond donors (Lipinski definition) is 3. The summed E-state index contributed by atoms with van der Waals surface area (Å²) in [6.45, 7) is 1.52. The topological polar surface area (TPSA) is 133 Å². The monoisotopic (exact) mass is 504 g/mol. The van der Waals surface area contributed by atoms with Crippen LogP contribution in [-0.2, 0) is 15.7 Å². The third kappa shape index (κ3) is 6.90. The van der Waals surface area contributed by atoms with Crippen LogP contribution in [0.5, 0.6) is 17.2 Å². The number of carbonyl (C=O) groups excluding carboxylic acids is 2. The number of aromatic hydroxyl groups is 1. The molecule has 0 saturated heterocycles. The Morgan fingerprint density at radius 1 is 1.21 bits per heavy atom. The van der Waals surface area contributed by atoms with E-state index in [2.05, 4.69) is 15.3 Å². The number of hydrogen-bond acceptors (Lipinski definition) is 8. The van der Waals surface area contributed by atoms with Gasteiger partial charge in [-0.2, -0.15) is 23.5 Å². The number of alkyl halides is 3. The van der Waals surface area contributed by atoms with Crippen LogP contribution >= 0.6 is 23.2 Å². The number of anilines is 1. The second kappa shape index (κ2) is 10.8. The molecule has 0 spiro atoms. The van der Waals surface area contributed by atoms with Gasteiger partial charge in [0.1, 0.15) is 23.1 Å². The molecule has 33 heavy (non-hydrogen) atoms. The summed E-state index contributed by atoms with van der Waals surface area (Å²) in [5, 5.41) is 23.4. The van der Waals surface area contributed by atoms with Crippen LogP contribution in [0.3, 0.4) is 0 Å². The van der Waals surface area contributed by atoms with Crippen LogP contribution in [0.1, 0.15) is 12.5 Å². The molecule has 3 N–H and O–H groups in total. The van der Waals surface area contributed by atoms with Gasteiger partial charge in [-0.25, -0.2) is 4.79 Å². The molecule has 2 amide bonds. The largest absolute Gasteiger partial charge is 0.507 e. The van der Waals surface area contributed by atoms with Crippen molar-refractivity contribution in [3.8, 4) is 23.3 Å². The Hall–Kier alpha value is -3.69. The fraction of sp³-hybridized carbons (Fsp3) is 0.158. The number of amides is 2. The zero-order chi connectivity index (χ0) is 24.8. The lowest BCUT2D eigenvalue weighted by Crippen LogP contribution is -2.36. The number of nitriles is 1. The first-order valence-electron chi connectivity index (χ1n) is 8.75. The number of halogens is 5. The second-order valence-electron chi connectivity index (χ2n) is 5.91. The number of phenolic OH excluding ortho intramolecular Hbond substituents is 1. The smallest absolute Gasteiger partial charge is 0.420 e. The number of ether oxygens (including phenoxy) is 2. The van der Waals surface area contributed by atoms with Crippen LogP contribution in [0, 0.1) is 11.3 Å². The second-order valence-corrected chi connectivity index (χ2v) is 6.72. The summed E-state index contributed by atoms with van der Waals surface area (Å²) in [5.41, 5.74) is 0.379. The third-order valence-corrected chi connectivity index (χ3v) is 4.16. The predicted octanol–water partition coefficient (Wildman–Crippen LogP) is 5.07. The lowest BCUT2D eigenvalue weighted by atomic mass is 10.2. The van der Waals surface area contributed by atoms with Gasteiger partial charge in [0.25, 0.3) is 5.91 Å². The molecule has 14 heteroatoms. The number of hydrazone groups is 1. The van der Waals surface area contributed by atoms with Crippen molar-refractivity contribution in [3.05, 3.63) is 45.9 Å². The minimum atomic E-state index is -4.82. The van der Waals surface area contributed by atoms with Crippen LogP contribution < -0.4 is 15.5 Å². The van der Waals surface area contributed by atoms with Gasteiger partial charge in [0, 0.05) is 0 Å². The van der Waals surface area contributed by atoms with E-state index in [9.17, 15) is 27.9 Å². The molecule has 0 unspecified atom stereocenters. The number of rotatable bonds is 6. The summed E-state index contributed by atoms with van der Waals surface area (Å²) < 4.78 is 48.7. The van der Waals surface area contributed by atoms with Crippen molar-refractivity contribution in [2.45, 2.75) is 13.1 Å². The normalized spacial score (nSPS) is 11.4. The van der Waals surface area contributed by atoms with Crippen LogP contribution in [-0.4, -0.2) is 29.4 Å². The number of benzene rings is 2. The van der Waals surface area contributed by atoms with Crippen molar-refractivity contribution < 1.29 is 37.3 Å². The predicted molar refractivity (Wildman–Crippen MR) is 111 cm³/mol. The highest BCUT2D eigenvalue weighted by atomic mass is 35.5. The summed E-state index contributed by atoms with van der Waals surface area (Å²) in [4.78, 5) is 23.1. The van der Waals surface area contributed by atoms with E-state index >= 15 is 0 Å². The molecular formula is C19H13Cl2F3N4O5. The van der Waals surface area contributed by atoms with Crippen molar-refractivity contribution in [2.24, 2.45) is 5.10 Å². The summed E-state index contributed by atoms with van der Waals surface area (Å²) in [5.74, 6) is -2.62. The number of carbonyl (C=O) groups is 2. The maximum Gasteiger partial charge on any atom is 0.420 e. The fourth-order valence-corrected chi connectivity index (χ4v) is 2.78. The standard InChI is InChI=1S/C19H13Cl2F3N4O5/c1-2-32-18(31)26-17(30)14(8-25)28-27-9-5-12(20)16(13(21)6-9)33-10-3-4-15(29)11(7-10)19(22,23)24/h3-7,27,29H,2H2,1H3,(H,26,30,31). The molecule has 9 nitrogen and oxygen atoms in total. The van der Waals surface area contributed by atoms with Gasteiger partial charge in [-0.3, -0.25) is 15.5 Å². The first-order chi connectivity index (χ1) is 15.5. The highest BCUT2D eigenvalue weighted by molar-refractivity contribution is 6.47. The zero-order valence-corrected chi connectivity index (χ0v) is 18.0. The third-order valence-electron chi connectivity index (χ3n) is 3.60. The first kappa shape index (κ1) is 25.6. The van der Waals surface area contributed by atoms with Gasteiger partial charge >= 0.3 is 12.3 Å². The van der Waals surface area contributed by atoms with Gasteiger partial charge in [-0.15, -0.1) is 0 Å². The van der Waals surface area contributed by atoms with E-state index in [0.29, 0.717) is 6.07 Å². The van der Waals surface area contributed by atoms with E-state index in [-0.39, 0.29) is 33.8 Å². The fourth-order valence-electron chi connectivity index (χ4n) is 2.21. The number of nitrogens with zero attached hydrogens (tertiary/aromatic N) is 2. The van der Waals surface area contributed by atoms with Crippen LogP contribution in [0.4, 0.5) is 23.7 Å². The molecule has 0 atom stereocenters. The first-order valence-corrected chi connectivity index (χ1v) is 9.50. The highest BCUT2D eigenvalue weighted by Gasteiger charge is 2.34. The molecule has 0 saturated carbocycles. The number of alkyl carbamates (subject to hydrolysis) is 1. The van der Waals surface area contributed by atoms with Crippen molar-refractivity contribution >= 4 is 46.6 Å². The quantitative estimate of drug-likeness (QED) is 0.369. The Kier molecular flexibility index (Phi) is 8.33. The highest BCUT2D eigenvalue weighted by Crippen LogP contribution is 2.42. The van der Waals surface area contributed by atoms with E-state index in [0.717, 1.165) is 12.1 Å². The Balaban J connectivity index is 2.22. The summed E-state index contributed by atoms with van der Waals surface area (Å²) in [6.07, 6.45) is -5.89. The van der Waals surface area contributed by atoms with Gasteiger partial charge in [-0.1, -0.05) is 23.2 Å². The van der Waals surface area contributed by atoms with Crippen molar-refractivity contribution in [2.75, 3.05) is 12.0 Å². The van der Waals surface area contributed by atoms with Crippen molar-refractivity contribution in [1.29, 1.82) is 5.26 Å². The Labute approximate surface area is 194 Å². The van der Waals surface area contributed by atoms with Gasteiger partial charge in [-0.05, 0) is 37.3 Å². The Morgan fingerprint density at radius 3 is 2.39 bits per heavy atom. The van der Waals surface area contributed by atoms with Crippen molar-refractivity contribution in [3.63, 3.8) is 0 Å². The van der Waals surface area contributed by atoms with E-state index in [1.54, 1.807) is 5.32 Å². The van der Waals surface area contributed by atoms with Gasteiger partial charge in [0.05, 0.1) is 22.3 Å². The molecule has 0 bridgehead atoms. The molecule has 2 rings (SSSR count). The minimum absolute atomic E-state index is 0.00345. The SMILES string of the molecule is CCOC(=O)NC(=O)C(C#N)=NNc1cc(Cl)c(Oc2ccc(O)c(C(F)(F)F)c2)c(Cl)c1. The molecular weight excluding hydrogens is 492 g/mol. The number of imide groups is 1. The molecule has 0 heterocycles. The number of phenols is 1. The summed E-state index contributed by atoms with van der Waals surface area (Å²) in [6, 6.07) is 6.34. The van der Waals surface area contributed by atoms with Gasteiger partial charge in [0.15, 0.2) is 5.75 Å². The zero-order valence-electron chi connectivity index (χ0n) is 16.5. The maximum absolute atomic E-state index is 13.0. The van der Waals surface area contributed by atoms with Gasteiger partial charge in [0.2, 0.25) is 5.71 Å². The molecule has 0 aromatic heterocycles. The number of nitrogens with one attached hydrogen (secondary N) is 2. The molecule has 2 aromatic rings. The Morgan fingerprint density at radius 2 is 1.85 bits per heavy atom. The molecule has 0 radical (unpaired) electrons. The average molecular weight is 505 g/mol. The summed E-state index contributed by atoms with van der Waals surface area (Å²) in [7, 11) is 0. The van der Waals surface area contributed by atoms with Crippen molar-refractivity contribution in [1.82, 2.24) is 5.32 Å². The van der Waals surface area contributed by atoms with E-state index in [1.165, 1.54) is 25.1 Å². The Bertz CT molecular complexity index is 1130. The minimum Gasteiger partial charge on any atom is -0.507 e. The van der Waals surface area contributed by atoms with Crippen LogP contribution in [0.25, 0.3) is 0 Å². The van der Waals surface area contributed by atoms with Crippen LogP contribution in [0.15, 0.2) is 35.4 Å².